The fourth-order valence-electron chi connectivity index (χ4n) is 3.50. The lowest BCUT2D eigenvalue weighted by molar-refractivity contribution is -0.137. The third-order valence-electron chi connectivity index (χ3n) is 5.34. The Morgan fingerprint density at radius 2 is 0.964 bits per heavy atom. The fraction of sp³-hybridized carbons (Fsp3) is 0.808. The van der Waals surface area contributed by atoms with E-state index >= 15 is 0 Å². The maximum absolute atomic E-state index is 10.4. The Bertz CT molecular complexity index is 371. The van der Waals surface area contributed by atoms with Crippen molar-refractivity contribution in [2.45, 2.75) is 135 Å². The second-order valence-electron chi connectivity index (χ2n) is 8.20. The summed E-state index contributed by atoms with van der Waals surface area (Å²) in [6.07, 6.45) is 34.1. The molecule has 0 atom stereocenters. The summed E-state index contributed by atoms with van der Waals surface area (Å²) in [6, 6.07) is 0. The Labute approximate surface area is 175 Å². The summed E-state index contributed by atoms with van der Waals surface area (Å²) in [6.45, 7) is 2.27. The third-order valence-corrected chi connectivity index (χ3v) is 5.34. The first kappa shape index (κ1) is 27.0. The number of hydrogen-bond acceptors (Lipinski definition) is 1. The van der Waals surface area contributed by atoms with Crippen LogP contribution in [0.25, 0.3) is 0 Å². The molecule has 0 aromatic heterocycles. The number of carboxylic acids is 1. The summed E-state index contributed by atoms with van der Waals surface area (Å²) in [5.74, 6) is -0.658. The van der Waals surface area contributed by atoms with E-state index in [0.29, 0.717) is 6.42 Å². The fourth-order valence-corrected chi connectivity index (χ4v) is 3.50. The molecule has 0 heterocycles. The van der Waals surface area contributed by atoms with Crippen molar-refractivity contribution in [2.24, 2.45) is 0 Å². The lowest BCUT2D eigenvalue weighted by Gasteiger charge is -2.01. The van der Waals surface area contributed by atoms with Crippen molar-refractivity contribution in [3.05, 3.63) is 24.3 Å². The molecule has 0 amide bonds. The van der Waals surface area contributed by atoms with Crippen LogP contribution >= 0.6 is 0 Å². The minimum absolute atomic E-state index is 0.337. The molecule has 0 aliphatic carbocycles. The van der Waals surface area contributed by atoms with Crippen LogP contribution in [-0.2, 0) is 4.79 Å². The van der Waals surface area contributed by atoms with Crippen molar-refractivity contribution in [3.63, 3.8) is 0 Å². The van der Waals surface area contributed by atoms with Gasteiger partial charge in [0.2, 0.25) is 0 Å². The molecule has 0 unspecified atom stereocenters. The van der Waals surface area contributed by atoms with E-state index in [2.05, 4.69) is 31.2 Å². The van der Waals surface area contributed by atoms with E-state index in [1.807, 2.05) is 0 Å². The molecule has 0 fully saturated rings. The molecule has 0 rings (SSSR count). The van der Waals surface area contributed by atoms with Crippen molar-refractivity contribution in [2.75, 3.05) is 0 Å². The quantitative estimate of drug-likeness (QED) is 0.147. The largest absolute Gasteiger partial charge is 0.481 e. The monoisotopic (exact) mass is 392 g/mol. The van der Waals surface area contributed by atoms with Crippen LogP contribution in [0.1, 0.15) is 135 Å². The second-order valence-corrected chi connectivity index (χ2v) is 8.20. The number of rotatable bonds is 22. The van der Waals surface area contributed by atoms with Gasteiger partial charge in [-0.3, -0.25) is 4.79 Å². The van der Waals surface area contributed by atoms with Gasteiger partial charge < -0.3 is 5.11 Å². The minimum Gasteiger partial charge on any atom is -0.481 e. The summed E-state index contributed by atoms with van der Waals surface area (Å²) < 4.78 is 0. The van der Waals surface area contributed by atoms with Crippen LogP contribution < -0.4 is 0 Å². The normalized spacial score (nSPS) is 11.8. The molecule has 2 heteroatoms. The van der Waals surface area contributed by atoms with Crippen LogP contribution in [0.5, 0.6) is 0 Å². The highest BCUT2D eigenvalue weighted by atomic mass is 16.4. The van der Waals surface area contributed by atoms with Gasteiger partial charge in [-0.15, -0.1) is 0 Å². The Morgan fingerprint density at radius 1 is 0.571 bits per heavy atom. The van der Waals surface area contributed by atoms with Crippen molar-refractivity contribution in [3.8, 4) is 0 Å². The van der Waals surface area contributed by atoms with Crippen LogP contribution in [0.2, 0.25) is 0 Å². The first-order valence-electron chi connectivity index (χ1n) is 12.3. The van der Waals surface area contributed by atoms with Crippen LogP contribution in [0.3, 0.4) is 0 Å². The van der Waals surface area contributed by atoms with Gasteiger partial charge in [-0.1, -0.05) is 115 Å². The van der Waals surface area contributed by atoms with Gasteiger partial charge in [0.05, 0.1) is 0 Å². The molecule has 0 aromatic rings. The molecule has 0 radical (unpaired) electrons. The zero-order valence-corrected chi connectivity index (χ0v) is 18.8. The van der Waals surface area contributed by atoms with E-state index in [0.717, 1.165) is 19.3 Å². The summed E-state index contributed by atoms with van der Waals surface area (Å²) in [5, 5.41) is 8.58. The molecular formula is C26H48O2. The maximum atomic E-state index is 10.4. The Kier molecular flexibility index (Phi) is 23.1. The van der Waals surface area contributed by atoms with Crippen LogP contribution in [0, 0.1) is 0 Å². The van der Waals surface area contributed by atoms with Gasteiger partial charge in [0.25, 0.3) is 0 Å². The molecule has 164 valence electrons. The smallest absolute Gasteiger partial charge is 0.303 e. The van der Waals surface area contributed by atoms with Crippen molar-refractivity contribution in [1.82, 2.24) is 0 Å². The second kappa shape index (κ2) is 24.0. The van der Waals surface area contributed by atoms with Crippen LogP contribution in [-0.4, -0.2) is 11.1 Å². The highest BCUT2D eigenvalue weighted by Crippen LogP contribution is 2.12. The highest BCUT2D eigenvalue weighted by Gasteiger charge is 1.96. The standard InChI is InChI=1S/C26H48O2/c1-2-3-4-5-6-7-8-9-10-11-12-13-14-15-16-17-18-19-20-21-22-23-24-25-26(27)28/h9-10,12-13H,2-8,11,14-25H2,1H3,(H,27,28). The first-order chi connectivity index (χ1) is 13.8. The summed E-state index contributed by atoms with van der Waals surface area (Å²) in [5.41, 5.74) is 0. The first-order valence-corrected chi connectivity index (χ1v) is 12.3. The Balaban J connectivity index is 3.15. The minimum atomic E-state index is -0.658. The molecular weight excluding hydrogens is 344 g/mol. The van der Waals surface area contributed by atoms with E-state index in [4.69, 9.17) is 5.11 Å². The molecule has 28 heavy (non-hydrogen) atoms. The molecule has 2 nitrogen and oxygen atoms in total. The zero-order valence-electron chi connectivity index (χ0n) is 18.8. The van der Waals surface area contributed by atoms with E-state index in [1.54, 1.807) is 0 Å². The molecule has 0 bridgehead atoms. The Hall–Kier alpha value is -1.05. The van der Waals surface area contributed by atoms with E-state index in [-0.39, 0.29) is 0 Å². The average molecular weight is 393 g/mol. The third kappa shape index (κ3) is 24.9. The van der Waals surface area contributed by atoms with Gasteiger partial charge in [0, 0.05) is 6.42 Å². The van der Waals surface area contributed by atoms with Gasteiger partial charge >= 0.3 is 5.97 Å². The lowest BCUT2D eigenvalue weighted by Crippen LogP contribution is -1.93. The van der Waals surface area contributed by atoms with Gasteiger partial charge in [0.1, 0.15) is 0 Å². The van der Waals surface area contributed by atoms with E-state index < -0.39 is 5.97 Å². The molecule has 0 aliphatic heterocycles. The lowest BCUT2D eigenvalue weighted by atomic mass is 10.1. The SMILES string of the molecule is CCCCCCCCC=CCC=CCCCCCCCCCCCCC(=O)O. The van der Waals surface area contributed by atoms with E-state index in [1.165, 1.54) is 103 Å². The van der Waals surface area contributed by atoms with Crippen molar-refractivity contribution >= 4 is 5.97 Å². The highest BCUT2D eigenvalue weighted by molar-refractivity contribution is 5.66. The van der Waals surface area contributed by atoms with Crippen molar-refractivity contribution in [1.29, 1.82) is 0 Å². The number of carbonyl (C=O) groups is 1. The maximum Gasteiger partial charge on any atom is 0.303 e. The molecule has 0 aliphatic rings. The van der Waals surface area contributed by atoms with Gasteiger partial charge in [-0.2, -0.15) is 0 Å². The summed E-state index contributed by atoms with van der Waals surface area (Å²) >= 11 is 0. The van der Waals surface area contributed by atoms with Gasteiger partial charge in [-0.05, 0) is 38.5 Å². The predicted octanol–water partition coefficient (Wildman–Crippen LogP) is 9.01. The molecule has 0 aromatic carbocycles. The predicted molar refractivity (Wildman–Crippen MR) is 124 cm³/mol. The Morgan fingerprint density at radius 3 is 1.39 bits per heavy atom. The number of carboxylic acid groups (broad SMARTS) is 1. The summed E-state index contributed by atoms with van der Waals surface area (Å²) in [7, 11) is 0. The summed E-state index contributed by atoms with van der Waals surface area (Å²) in [4.78, 5) is 10.4. The number of hydrogen-bond donors (Lipinski definition) is 1. The molecule has 0 spiro atoms. The van der Waals surface area contributed by atoms with Crippen LogP contribution in [0.15, 0.2) is 24.3 Å². The van der Waals surface area contributed by atoms with Gasteiger partial charge in [-0.25, -0.2) is 0 Å². The zero-order chi connectivity index (χ0) is 20.5. The van der Waals surface area contributed by atoms with Gasteiger partial charge in [0.15, 0.2) is 0 Å². The topological polar surface area (TPSA) is 37.3 Å². The number of unbranched alkanes of at least 4 members (excludes halogenated alkanes) is 16. The van der Waals surface area contributed by atoms with Crippen molar-refractivity contribution < 1.29 is 9.90 Å². The number of allylic oxidation sites excluding steroid dienone is 4. The molecule has 0 saturated carbocycles. The van der Waals surface area contributed by atoms with Crippen LogP contribution in [0.4, 0.5) is 0 Å². The molecule has 0 saturated heterocycles. The average Bonchev–Trinajstić information content (AvgIpc) is 2.68. The number of aliphatic carboxylic acids is 1. The van der Waals surface area contributed by atoms with E-state index in [9.17, 15) is 4.79 Å². The molecule has 1 N–H and O–H groups in total.